The number of methoxy groups -OCH3 is 1. The molecular weight excluding hydrogens is 690 g/mol. The van der Waals surface area contributed by atoms with Gasteiger partial charge in [0.1, 0.15) is 23.6 Å². The van der Waals surface area contributed by atoms with Crippen molar-refractivity contribution < 1.29 is 38.3 Å². The summed E-state index contributed by atoms with van der Waals surface area (Å²) in [7, 11) is 2.96. The Balaban J connectivity index is 1.41. The van der Waals surface area contributed by atoms with Gasteiger partial charge in [0.25, 0.3) is 5.91 Å². The maximum atomic E-state index is 14.8. The van der Waals surface area contributed by atoms with Crippen LogP contribution in [-0.4, -0.2) is 91.1 Å². The van der Waals surface area contributed by atoms with E-state index in [1.807, 2.05) is 84.9 Å². The highest BCUT2D eigenvalue weighted by molar-refractivity contribution is 6.38. The van der Waals surface area contributed by atoms with Gasteiger partial charge in [-0.3, -0.25) is 24.0 Å². The molecule has 0 bridgehead atoms. The van der Waals surface area contributed by atoms with Crippen LogP contribution in [0.1, 0.15) is 94.9 Å². The van der Waals surface area contributed by atoms with Crippen LogP contribution in [0.25, 0.3) is 0 Å². The lowest BCUT2D eigenvalue weighted by molar-refractivity contribution is -0.145. The summed E-state index contributed by atoms with van der Waals surface area (Å²) in [6.07, 6.45) is 1.83. The molecule has 1 spiro atoms. The predicted molar refractivity (Wildman–Crippen MR) is 203 cm³/mol. The standard InChI is InChI=1S/C41H55N5O8/c1-10-12-30(33(47)38(50)42-8)43-37(49)32-21-41(20-31(45-54-41)26-17-23(3)34(53-11-2)24(4)18-26)22-46(32)39(51)35(40(5,6)7)44-36(48)29-19-28(29)25-13-15-27(52-9)16-14-25/h13-18,28-30,32,35H,10-12,19-22H2,1-9H3,(H,42,50)(H,43,49)(H,44,48)/t28-,29+,30-,32-,35+,41+/m0/s1. The zero-order valence-corrected chi connectivity index (χ0v) is 33.0. The van der Waals surface area contributed by atoms with Gasteiger partial charge in [0.2, 0.25) is 23.5 Å². The number of likely N-dealkylation sites (tertiary alicyclic amines) is 1. The first kappa shape index (κ1) is 40.2. The number of hydrogen-bond donors (Lipinski definition) is 3. The molecule has 13 nitrogen and oxygen atoms in total. The number of amides is 4. The smallest absolute Gasteiger partial charge is 0.289 e. The van der Waals surface area contributed by atoms with Crippen LogP contribution in [0.15, 0.2) is 41.6 Å². The maximum Gasteiger partial charge on any atom is 0.289 e. The minimum atomic E-state index is -1.08. The molecule has 2 fully saturated rings. The number of Topliss-reactive ketones (excluding diaryl/α,β-unsaturated/α-hetero) is 1. The summed E-state index contributed by atoms with van der Waals surface area (Å²) in [5.74, 6) is -1.58. The zero-order valence-electron chi connectivity index (χ0n) is 33.0. The summed E-state index contributed by atoms with van der Waals surface area (Å²) in [4.78, 5) is 75.7. The van der Waals surface area contributed by atoms with E-state index in [1.165, 1.54) is 11.9 Å². The van der Waals surface area contributed by atoms with Crippen LogP contribution in [0, 0.1) is 25.2 Å². The number of ketones is 1. The number of oxime groups is 1. The summed E-state index contributed by atoms with van der Waals surface area (Å²) in [5.41, 5.74) is 2.68. The summed E-state index contributed by atoms with van der Waals surface area (Å²) in [6, 6.07) is 8.48. The van der Waals surface area contributed by atoms with Gasteiger partial charge in [-0.1, -0.05) is 51.4 Å². The van der Waals surface area contributed by atoms with E-state index < -0.39 is 52.6 Å². The molecule has 54 heavy (non-hydrogen) atoms. The molecule has 5 rings (SSSR count). The number of rotatable bonds is 14. The first-order chi connectivity index (χ1) is 25.6. The van der Waals surface area contributed by atoms with E-state index in [1.54, 1.807) is 7.11 Å². The van der Waals surface area contributed by atoms with E-state index in [-0.39, 0.29) is 37.1 Å². The van der Waals surface area contributed by atoms with Crippen molar-refractivity contribution in [2.45, 2.75) is 110 Å². The second-order valence-electron chi connectivity index (χ2n) is 15.9. The van der Waals surface area contributed by atoms with E-state index >= 15 is 0 Å². The second kappa shape index (κ2) is 16.2. The Morgan fingerprint density at radius 2 is 1.69 bits per heavy atom. The number of benzene rings is 2. The molecule has 0 unspecified atom stereocenters. The monoisotopic (exact) mass is 745 g/mol. The van der Waals surface area contributed by atoms with Crippen molar-refractivity contribution in [3.8, 4) is 11.5 Å². The molecule has 2 heterocycles. The normalized spacial score (nSPS) is 22.8. The van der Waals surface area contributed by atoms with Gasteiger partial charge < -0.3 is 35.2 Å². The van der Waals surface area contributed by atoms with Gasteiger partial charge in [-0.25, -0.2) is 0 Å². The number of aryl methyl sites for hydroxylation is 2. The van der Waals surface area contributed by atoms with Gasteiger partial charge in [0.05, 0.1) is 32.0 Å². The number of nitrogens with zero attached hydrogens (tertiary/aromatic N) is 2. The largest absolute Gasteiger partial charge is 0.497 e. The van der Waals surface area contributed by atoms with Crippen molar-refractivity contribution in [2.24, 2.45) is 16.5 Å². The van der Waals surface area contributed by atoms with E-state index in [2.05, 4.69) is 21.1 Å². The molecule has 3 aliphatic rings. The summed E-state index contributed by atoms with van der Waals surface area (Å²) >= 11 is 0. The number of carbonyl (C=O) groups excluding carboxylic acids is 5. The molecular formula is C41H55N5O8. The molecule has 1 saturated carbocycles. The van der Waals surface area contributed by atoms with Crippen LogP contribution in [-0.2, 0) is 28.8 Å². The Morgan fingerprint density at radius 1 is 1.02 bits per heavy atom. The van der Waals surface area contributed by atoms with Crippen molar-refractivity contribution in [1.29, 1.82) is 0 Å². The van der Waals surface area contributed by atoms with Crippen LogP contribution in [0.4, 0.5) is 0 Å². The average Bonchev–Trinajstić information content (AvgIpc) is 3.70. The lowest BCUT2D eigenvalue weighted by atomic mass is 9.85. The van der Waals surface area contributed by atoms with Crippen LogP contribution >= 0.6 is 0 Å². The topological polar surface area (TPSA) is 165 Å². The minimum absolute atomic E-state index is 0.0194. The molecule has 292 valence electrons. The average molecular weight is 746 g/mol. The molecule has 13 heteroatoms. The molecule has 6 atom stereocenters. The molecule has 0 aromatic heterocycles. The third-order valence-electron chi connectivity index (χ3n) is 10.6. The minimum Gasteiger partial charge on any atom is -0.497 e. The number of likely N-dealkylation sites (N-methyl/N-ethyl adjacent to an activating group) is 1. The van der Waals surface area contributed by atoms with Crippen LogP contribution in [0.5, 0.6) is 11.5 Å². The van der Waals surface area contributed by atoms with Crippen molar-refractivity contribution in [3.05, 3.63) is 58.7 Å². The van der Waals surface area contributed by atoms with Crippen molar-refractivity contribution in [2.75, 3.05) is 27.3 Å². The molecule has 4 amide bonds. The van der Waals surface area contributed by atoms with E-state index in [9.17, 15) is 24.0 Å². The summed E-state index contributed by atoms with van der Waals surface area (Å²) in [6.45, 7) is 13.9. The first-order valence-electron chi connectivity index (χ1n) is 18.9. The number of hydrogen-bond acceptors (Lipinski definition) is 9. The maximum absolute atomic E-state index is 14.8. The Bertz CT molecular complexity index is 1780. The van der Waals surface area contributed by atoms with Gasteiger partial charge >= 0.3 is 0 Å². The second-order valence-corrected chi connectivity index (χ2v) is 15.9. The summed E-state index contributed by atoms with van der Waals surface area (Å²) < 4.78 is 11.1. The summed E-state index contributed by atoms with van der Waals surface area (Å²) in [5, 5.41) is 12.6. The Labute approximate surface area is 317 Å². The lowest BCUT2D eigenvalue weighted by Crippen LogP contribution is -2.59. The van der Waals surface area contributed by atoms with Gasteiger partial charge in [-0.15, -0.1) is 0 Å². The molecule has 3 N–H and O–H groups in total. The fraction of sp³-hybridized carbons (Fsp3) is 0.561. The molecule has 2 aliphatic heterocycles. The van der Waals surface area contributed by atoms with Gasteiger partial charge in [0.15, 0.2) is 5.60 Å². The van der Waals surface area contributed by atoms with Gasteiger partial charge in [0, 0.05) is 31.4 Å². The third-order valence-corrected chi connectivity index (χ3v) is 10.6. The molecule has 0 radical (unpaired) electrons. The highest BCUT2D eigenvalue weighted by Gasteiger charge is 2.56. The van der Waals surface area contributed by atoms with Crippen LogP contribution in [0.2, 0.25) is 0 Å². The first-order valence-corrected chi connectivity index (χ1v) is 18.9. The highest BCUT2D eigenvalue weighted by atomic mass is 16.7. The Kier molecular flexibility index (Phi) is 12.1. The van der Waals surface area contributed by atoms with E-state index in [0.717, 1.165) is 33.8 Å². The van der Waals surface area contributed by atoms with Crippen molar-refractivity contribution in [3.63, 3.8) is 0 Å². The molecule has 2 aromatic carbocycles. The number of ether oxygens (including phenoxy) is 2. The zero-order chi connectivity index (χ0) is 39.5. The van der Waals surface area contributed by atoms with Crippen LogP contribution in [0.3, 0.4) is 0 Å². The fourth-order valence-corrected chi connectivity index (χ4v) is 7.65. The lowest BCUT2D eigenvalue weighted by Gasteiger charge is -2.35. The quantitative estimate of drug-likeness (QED) is 0.243. The van der Waals surface area contributed by atoms with E-state index in [4.69, 9.17) is 14.3 Å². The Morgan fingerprint density at radius 3 is 2.26 bits per heavy atom. The molecule has 1 saturated heterocycles. The third kappa shape index (κ3) is 8.55. The number of nitrogens with one attached hydrogen (secondary N) is 3. The molecule has 1 aliphatic carbocycles. The van der Waals surface area contributed by atoms with Gasteiger partial charge in [-0.2, -0.15) is 0 Å². The van der Waals surface area contributed by atoms with Crippen molar-refractivity contribution in [1.82, 2.24) is 20.9 Å². The van der Waals surface area contributed by atoms with Crippen LogP contribution < -0.4 is 25.4 Å². The SMILES string of the molecule is CCC[C@H](NC(=O)[C@@H]1C[C@]2(CC(c3cc(C)c(OCC)c(C)c3)=NO2)CN1C(=O)[C@@H](NC(=O)[C@@H]1C[C@H]1c1ccc(OC)cc1)C(C)(C)C)C(=O)C(=O)NC. The van der Waals surface area contributed by atoms with E-state index in [0.29, 0.717) is 31.6 Å². The number of carbonyl (C=O) groups is 5. The predicted octanol–water partition coefficient (Wildman–Crippen LogP) is 4.11. The highest BCUT2D eigenvalue weighted by Crippen LogP contribution is 2.48. The Hall–Kier alpha value is -4.94. The molecule has 2 aromatic rings. The fourth-order valence-electron chi connectivity index (χ4n) is 7.65. The van der Waals surface area contributed by atoms with Gasteiger partial charge in [-0.05, 0) is 85.9 Å². The van der Waals surface area contributed by atoms with Crippen molar-refractivity contribution >= 4 is 35.1 Å².